The van der Waals surface area contributed by atoms with E-state index in [2.05, 4.69) is 12.2 Å². The van der Waals surface area contributed by atoms with Crippen LogP contribution in [0.5, 0.6) is 0 Å². The average Bonchev–Trinajstić information content (AvgIpc) is 2.11. The molecule has 1 N–H and O–H groups in total. The zero-order valence-electron chi connectivity index (χ0n) is 9.11. The highest BCUT2D eigenvalue weighted by Crippen LogP contribution is 2.07. The second-order valence-corrected chi connectivity index (χ2v) is 2.85. The molecule has 0 spiro atoms. The van der Waals surface area contributed by atoms with Gasteiger partial charge in [0.05, 0.1) is 4.99 Å². The normalized spacial score (nSPS) is 20.8. The van der Waals surface area contributed by atoms with E-state index in [0.29, 0.717) is 6.04 Å². The summed E-state index contributed by atoms with van der Waals surface area (Å²) in [7, 11) is 0. The minimum absolute atomic E-state index is 0.622. The van der Waals surface area contributed by atoms with Gasteiger partial charge in [0.1, 0.15) is 0 Å². The second kappa shape index (κ2) is 10.9. The third kappa shape index (κ3) is 7.99. The summed E-state index contributed by atoms with van der Waals surface area (Å²) >= 11 is 4.97. The van der Waals surface area contributed by atoms with E-state index < -0.39 is 0 Å². The van der Waals surface area contributed by atoms with Gasteiger partial charge in [0, 0.05) is 6.04 Å². The average molecular weight is 189 g/mol. The SMILES string of the molecule is CC.CC.CC1CCCC(=S)N1. The first-order valence-corrected chi connectivity index (χ1v) is 5.49. The molecule has 0 amide bonds. The van der Waals surface area contributed by atoms with Crippen LogP contribution in [0.15, 0.2) is 0 Å². The van der Waals surface area contributed by atoms with Crippen LogP contribution in [0, 0.1) is 0 Å². The van der Waals surface area contributed by atoms with Crippen LogP contribution in [-0.4, -0.2) is 11.0 Å². The molecule has 1 heterocycles. The maximum Gasteiger partial charge on any atom is 0.0755 e. The van der Waals surface area contributed by atoms with Crippen molar-refractivity contribution in [2.75, 3.05) is 0 Å². The van der Waals surface area contributed by atoms with Gasteiger partial charge in [0.2, 0.25) is 0 Å². The topological polar surface area (TPSA) is 12.0 Å². The van der Waals surface area contributed by atoms with Crippen molar-refractivity contribution in [3.63, 3.8) is 0 Å². The van der Waals surface area contributed by atoms with E-state index in [9.17, 15) is 0 Å². The first-order valence-electron chi connectivity index (χ1n) is 5.08. The number of hydrogen-bond donors (Lipinski definition) is 1. The third-order valence-electron chi connectivity index (χ3n) is 1.45. The van der Waals surface area contributed by atoms with E-state index in [1.807, 2.05) is 27.7 Å². The molecule has 1 fully saturated rings. The largest absolute Gasteiger partial charge is 0.377 e. The van der Waals surface area contributed by atoms with Gasteiger partial charge in [0.25, 0.3) is 0 Å². The number of nitrogens with one attached hydrogen (secondary N) is 1. The Hall–Kier alpha value is -0.110. The van der Waals surface area contributed by atoms with Crippen LogP contribution >= 0.6 is 12.2 Å². The number of thiocarbonyl (C=S) groups is 1. The Balaban J connectivity index is 0. The Morgan fingerprint density at radius 2 is 1.75 bits per heavy atom. The molecule has 0 aliphatic carbocycles. The number of piperidine rings is 1. The summed E-state index contributed by atoms with van der Waals surface area (Å²) in [6.45, 7) is 10.2. The van der Waals surface area contributed by atoms with Crippen molar-refractivity contribution >= 4 is 17.2 Å². The molecule has 12 heavy (non-hydrogen) atoms. The molecule has 0 aromatic rings. The van der Waals surface area contributed by atoms with Gasteiger partial charge in [-0.3, -0.25) is 0 Å². The van der Waals surface area contributed by atoms with Gasteiger partial charge in [-0.15, -0.1) is 0 Å². The Bertz CT molecular complexity index is 102. The maximum absolute atomic E-state index is 4.97. The summed E-state index contributed by atoms with van der Waals surface area (Å²) in [4.78, 5) is 1.05. The molecule has 1 rings (SSSR count). The zero-order valence-corrected chi connectivity index (χ0v) is 9.92. The molecule has 0 bridgehead atoms. The van der Waals surface area contributed by atoms with Gasteiger partial charge in [-0.25, -0.2) is 0 Å². The monoisotopic (exact) mass is 189 g/mol. The Morgan fingerprint density at radius 1 is 1.25 bits per heavy atom. The molecule has 1 aliphatic heterocycles. The molecular weight excluding hydrogens is 166 g/mol. The summed E-state index contributed by atoms with van der Waals surface area (Å²) < 4.78 is 0. The molecular formula is C10H23NS. The molecule has 0 radical (unpaired) electrons. The minimum atomic E-state index is 0.622. The predicted octanol–water partition coefficient (Wildman–Crippen LogP) is 3.53. The summed E-state index contributed by atoms with van der Waals surface area (Å²) in [5.41, 5.74) is 0. The van der Waals surface area contributed by atoms with Gasteiger partial charge in [-0.05, 0) is 26.2 Å². The molecule has 74 valence electrons. The molecule has 2 heteroatoms. The lowest BCUT2D eigenvalue weighted by molar-refractivity contribution is 0.548. The third-order valence-corrected chi connectivity index (χ3v) is 1.77. The van der Waals surface area contributed by atoms with Crippen LogP contribution in [0.25, 0.3) is 0 Å². The van der Waals surface area contributed by atoms with Crippen molar-refractivity contribution in [2.24, 2.45) is 0 Å². The van der Waals surface area contributed by atoms with Gasteiger partial charge >= 0.3 is 0 Å². The Labute approximate surface area is 82.9 Å². The fourth-order valence-electron chi connectivity index (χ4n) is 0.988. The molecule has 1 nitrogen and oxygen atoms in total. The fourth-order valence-corrected chi connectivity index (χ4v) is 1.33. The number of hydrogen-bond acceptors (Lipinski definition) is 1. The Morgan fingerprint density at radius 3 is 2.00 bits per heavy atom. The van der Waals surface area contributed by atoms with Crippen molar-refractivity contribution in [1.29, 1.82) is 0 Å². The molecule has 0 aromatic carbocycles. The first kappa shape index (κ1) is 14.4. The van der Waals surface area contributed by atoms with Crippen molar-refractivity contribution in [1.82, 2.24) is 5.32 Å². The van der Waals surface area contributed by atoms with Crippen molar-refractivity contribution < 1.29 is 0 Å². The smallest absolute Gasteiger partial charge is 0.0755 e. The van der Waals surface area contributed by atoms with Crippen LogP contribution < -0.4 is 5.32 Å². The van der Waals surface area contributed by atoms with Gasteiger partial charge in [-0.1, -0.05) is 39.9 Å². The Kier molecular flexibility index (Phi) is 13.1. The predicted molar refractivity (Wildman–Crippen MR) is 61.7 cm³/mol. The van der Waals surface area contributed by atoms with E-state index in [0.717, 1.165) is 11.4 Å². The summed E-state index contributed by atoms with van der Waals surface area (Å²) in [6.07, 6.45) is 3.65. The lowest BCUT2D eigenvalue weighted by Gasteiger charge is -2.20. The quantitative estimate of drug-likeness (QED) is 0.585. The van der Waals surface area contributed by atoms with Crippen molar-refractivity contribution in [2.45, 2.75) is 59.9 Å². The van der Waals surface area contributed by atoms with Crippen molar-refractivity contribution in [3.8, 4) is 0 Å². The zero-order chi connectivity index (χ0) is 9.98. The summed E-state index contributed by atoms with van der Waals surface area (Å²) in [5, 5.41) is 3.21. The summed E-state index contributed by atoms with van der Waals surface area (Å²) in [6, 6.07) is 0.622. The van der Waals surface area contributed by atoms with Crippen LogP contribution in [0.1, 0.15) is 53.9 Å². The van der Waals surface area contributed by atoms with Crippen LogP contribution in [0.3, 0.4) is 0 Å². The highest BCUT2D eigenvalue weighted by molar-refractivity contribution is 7.80. The molecule has 0 aromatic heterocycles. The summed E-state index contributed by atoms with van der Waals surface area (Å²) in [5.74, 6) is 0. The lowest BCUT2D eigenvalue weighted by atomic mass is 10.1. The van der Waals surface area contributed by atoms with E-state index in [1.165, 1.54) is 12.8 Å². The first-order chi connectivity index (χ1) is 5.79. The molecule has 1 unspecified atom stereocenters. The van der Waals surface area contributed by atoms with E-state index in [-0.39, 0.29) is 0 Å². The van der Waals surface area contributed by atoms with Crippen LogP contribution in [-0.2, 0) is 0 Å². The van der Waals surface area contributed by atoms with Gasteiger partial charge < -0.3 is 5.32 Å². The van der Waals surface area contributed by atoms with Crippen molar-refractivity contribution in [3.05, 3.63) is 0 Å². The van der Waals surface area contributed by atoms with Crippen LogP contribution in [0.2, 0.25) is 0 Å². The molecule has 1 atom stereocenters. The standard InChI is InChI=1S/C6H11NS.2C2H6/c1-5-3-2-4-6(8)7-5;2*1-2/h5H,2-4H2,1H3,(H,7,8);2*1-2H3. The van der Waals surface area contributed by atoms with Gasteiger partial charge in [-0.2, -0.15) is 0 Å². The highest BCUT2D eigenvalue weighted by Gasteiger charge is 2.09. The molecule has 1 aliphatic rings. The molecule has 0 saturated carbocycles. The molecule has 1 saturated heterocycles. The van der Waals surface area contributed by atoms with Crippen LogP contribution in [0.4, 0.5) is 0 Å². The highest BCUT2D eigenvalue weighted by atomic mass is 32.1. The van der Waals surface area contributed by atoms with Gasteiger partial charge in [0.15, 0.2) is 0 Å². The fraction of sp³-hybridized carbons (Fsp3) is 0.900. The lowest BCUT2D eigenvalue weighted by Crippen LogP contribution is -2.34. The number of rotatable bonds is 0. The van der Waals surface area contributed by atoms with E-state index in [1.54, 1.807) is 0 Å². The van der Waals surface area contributed by atoms with E-state index in [4.69, 9.17) is 12.2 Å². The maximum atomic E-state index is 4.97. The minimum Gasteiger partial charge on any atom is -0.377 e. The van der Waals surface area contributed by atoms with E-state index >= 15 is 0 Å². The second-order valence-electron chi connectivity index (χ2n) is 2.36.